The lowest BCUT2D eigenvalue weighted by atomic mass is 9.71. The van der Waals surface area contributed by atoms with Gasteiger partial charge in [-0.1, -0.05) is 19.3 Å². The second-order valence-electron chi connectivity index (χ2n) is 6.55. The molecule has 1 saturated heterocycles. The molecule has 0 aromatic heterocycles. The molecule has 4 heteroatoms. The molecule has 0 radical (unpaired) electrons. The van der Waals surface area contributed by atoms with Crippen molar-refractivity contribution >= 4 is 11.8 Å². The Bertz CT molecular complexity index is 358. The number of ketones is 1. The van der Waals surface area contributed by atoms with Gasteiger partial charge in [-0.15, -0.1) is 0 Å². The second kappa shape index (κ2) is 5.23. The van der Waals surface area contributed by atoms with Gasteiger partial charge in [0.15, 0.2) is 0 Å². The highest BCUT2D eigenvalue weighted by atomic mass is 16.4. The zero-order chi connectivity index (χ0) is 13.4. The molecule has 0 spiro atoms. The monoisotopic (exact) mass is 265 g/mol. The molecule has 3 aliphatic rings. The van der Waals surface area contributed by atoms with Crippen LogP contribution in [0.1, 0.15) is 44.9 Å². The molecule has 2 unspecified atom stereocenters. The zero-order valence-electron chi connectivity index (χ0n) is 11.4. The van der Waals surface area contributed by atoms with Crippen molar-refractivity contribution in [2.75, 3.05) is 13.1 Å². The number of carboxylic acid groups (broad SMARTS) is 1. The van der Waals surface area contributed by atoms with Crippen molar-refractivity contribution in [1.82, 2.24) is 4.90 Å². The first-order valence-corrected chi connectivity index (χ1v) is 7.65. The van der Waals surface area contributed by atoms with Crippen LogP contribution in [-0.4, -0.2) is 40.9 Å². The summed E-state index contributed by atoms with van der Waals surface area (Å²) >= 11 is 0. The smallest absolute Gasteiger partial charge is 0.306 e. The maximum Gasteiger partial charge on any atom is 0.306 e. The number of carbonyl (C=O) groups excluding carboxylic acids is 1. The fourth-order valence-electron chi connectivity index (χ4n) is 4.26. The number of hydrogen-bond donors (Lipinski definition) is 1. The van der Waals surface area contributed by atoms with E-state index in [0.29, 0.717) is 24.7 Å². The van der Waals surface area contributed by atoms with E-state index in [4.69, 9.17) is 5.11 Å². The Hall–Kier alpha value is -0.900. The molecule has 19 heavy (non-hydrogen) atoms. The largest absolute Gasteiger partial charge is 0.481 e. The molecule has 1 aliphatic heterocycles. The van der Waals surface area contributed by atoms with Crippen LogP contribution in [0.3, 0.4) is 0 Å². The lowest BCUT2D eigenvalue weighted by Crippen LogP contribution is -2.54. The van der Waals surface area contributed by atoms with E-state index in [1.807, 2.05) is 0 Å². The third-order valence-corrected chi connectivity index (χ3v) is 5.29. The van der Waals surface area contributed by atoms with Crippen LogP contribution in [0.4, 0.5) is 0 Å². The van der Waals surface area contributed by atoms with Gasteiger partial charge in [-0.05, 0) is 25.7 Å². The molecule has 0 aromatic rings. The molecule has 4 nitrogen and oxygen atoms in total. The summed E-state index contributed by atoms with van der Waals surface area (Å²) in [7, 11) is 0. The van der Waals surface area contributed by atoms with Crippen LogP contribution in [0, 0.1) is 17.8 Å². The quantitative estimate of drug-likeness (QED) is 0.829. The van der Waals surface area contributed by atoms with Crippen LogP contribution in [-0.2, 0) is 9.59 Å². The van der Waals surface area contributed by atoms with Gasteiger partial charge in [-0.3, -0.25) is 14.5 Å². The van der Waals surface area contributed by atoms with Gasteiger partial charge in [0.1, 0.15) is 5.78 Å². The SMILES string of the molecule is O=C(O)C1CC2CN(C3CCCCC3)CC(C1)C2=O. The predicted octanol–water partition coefficient (Wildman–Crippen LogP) is 1.93. The van der Waals surface area contributed by atoms with Crippen molar-refractivity contribution in [2.24, 2.45) is 17.8 Å². The molecule has 0 amide bonds. The summed E-state index contributed by atoms with van der Waals surface area (Å²) in [6.07, 6.45) is 7.61. The fraction of sp³-hybridized carbons (Fsp3) is 0.867. The summed E-state index contributed by atoms with van der Waals surface area (Å²) in [6.45, 7) is 1.62. The molecule has 1 N–H and O–H groups in total. The Kier molecular flexibility index (Phi) is 3.61. The average Bonchev–Trinajstić information content (AvgIpc) is 2.39. The molecular weight excluding hydrogens is 242 g/mol. The van der Waals surface area contributed by atoms with Crippen LogP contribution >= 0.6 is 0 Å². The highest BCUT2D eigenvalue weighted by molar-refractivity contribution is 5.87. The van der Waals surface area contributed by atoms with Gasteiger partial charge >= 0.3 is 5.97 Å². The number of aliphatic carboxylic acids is 1. The van der Waals surface area contributed by atoms with E-state index >= 15 is 0 Å². The van der Waals surface area contributed by atoms with Crippen LogP contribution in [0.15, 0.2) is 0 Å². The lowest BCUT2D eigenvalue weighted by Gasteiger charge is -2.46. The predicted molar refractivity (Wildman–Crippen MR) is 70.8 cm³/mol. The van der Waals surface area contributed by atoms with Crippen LogP contribution in [0.25, 0.3) is 0 Å². The van der Waals surface area contributed by atoms with Crippen molar-refractivity contribution in [3.63, 3.8) is 0 Å². The summed E-state index contributed by atoms with van der Waals surface area (Å²) in [5.74, 6) is -0.703. The van der Waals surface area contributed by atoms with Crippen LogP contribution < -0.4 is 0 Å². The topological polar surface area (TPSA) is 57.6 Å². The van der Waals surface area contributed by atoms with E-state index in [1.54, 1.807) is 0 Å². The molecule has 2 saturated carbocycles. The first-order valence-electron chi connectivity index (χ1n) is 7.65. The van der Waals surface area contributed by atoms with E-state index in [0.717, 1.165) is 13.1 Å². The molecule has 1 heterocycles. The van der Waals surface area contributed by atoms with Crippen molar-refractivity contribution in [3.8, 4) is 0 Å². The maximum atomic E-state index is 12.2. The Labute approximate surface area is 114 Å². The van der Waals surface area contributed by atoms with Crippen molar-refractivity contribution in [1.29, 1.82) is 0 Å². The molecule has 106 valence electrons. The summed E-state index contributed by atoms with van der Waals surface area (Å²) < 4.78 is 0. The van der Waals surface area contributed by atoms with E-state index in [2.05, 4.69) is 4.90 Å². The first-order chi connectivity index (χ1) is 9.15. The number of piperidine rings is 1. The Morgan fingerprint density at radius 2 is 1.63 bits per heavy atom. The molecular formula is C15H23NO3. The van der Waals surface area contributed by atoms with Gasteiger partial charge in [0.2, 0.25) is 0 Å². The summed E-state index contributed by atoms with van der Waals surface area (Å²) in [5, 5.41) is 9.17. The number of carbonyl (C=O) groups is 2. The zero-order valence-corrected chi connectivity index (χ0v) is 11.4. The van der Waals surface area contributed by atoms with E-state index in [-0.39, 0.29) is 17.8 Å². The summed E-state index contributed by atoms with van der Waals surface area (Å²) in [4.78, 5) is 25.8. The minimum atomic E-state index is -0.714. The minimum Gasteiger partial charge on any atom is -0.481 e. The normalized spacial score (nSPS) is 37.3. The maximum absolute atomic E-state index is 12.2. The molecule has 2 atom stereocenters. The third kappa shape index (κ3) is 2.55. The fourth-order valence-corrected chi connectivity index (χ4v) is 4.26. The van der Waals surface area contributed by atoms with E-state index in [9.17, 15) is 9.59 Å². The minimum absolute atomic E-state index is 0.0180. The van der Waals surface area contributed by atoms with Crippen molar-refractivity contribution in [2.45, 2.75) is 51.0 Å². The lowest BCUT2D eigenvalue weighted by molar-refractivity contribution is -0.149. The summed E-state index contributed by atoms with van der Waals surface area (Å²) in [6, 6.07) is 0.647. The molecule has 0 aromatic carbocycles. The van der Waals surface area contributed by atoms with Gasteiger partial charge < -0.3 is 5.11 Å². The van der Waals surface area contributed by atoms with Crippen LogP contribution in [0.5, 0.6) is 0 Å². The number of hydrogen-bond acceptors (Lipinski definition) is 3. The summed E-state index contributed by atoms with van der Waals surface area (Å²) in [5.41, 5.74) is 0. The van der Waals surface area contributed by atoms with Crippen LogP contribution in [0.2, 0.25) is 0 Å². The second-order valence-corrected chi connectivity index (χ2v) is 6.55. The number of carboxylic acids is 1. The molecule has 2 bridgehead atoms. The highest BCUT2D eigenvalue weighted by Gasteiger charge is 2.45. The van der Waals surface area contributed by atoms with E-state index < -0.39 is 5.97 Å². The van der Waals surface area contributed by atoms with Crippen molar-refractivity contribution < 1.29 is 14.7 Å². The van der Waals surface area contributed by atoms with Gasteiger partial charge in [-0.25, -0.2) is 0 Å². The third-order valence-electron chi connectivity index (χ3n) is 5.29. The standard InChI is InChI=1S/C15H23NO3/c17-14-11-6-10(15(18)19)7-12(14)9-16(8-11)13-4-2-1-3-5-13/h10-13H,1-9H2,(H,18,19). The van der Waals surface area contributed by atoms with Crippen molar-refractivity contribution in [3.05, 3.63) is 0 Å². The van der Waals surface area contributed by atoms with E-state index in [1.165, 1.54) is 32.1 Å². The average molecular weight is 265 g/mol. The number of fused-ring (bicyclic) bond motifs is 2. The van der Waals surface area contributed by atoms with Gasteiger partial charge in [-0.2, -0.15) is 0 Å². The van der Waals surface area contributed by atoms with Gasteiger partial charge in [0.25, 0.3) is 0 Å². The van der Waals surface area contributed by atoms with Gasteiger partial charge in [0, 0.05) is 31.0 Å². The Balaban J connectivity index is 1.68. The van der Waals surface area contributed by atoms with Gasteiger partial charge in [0.05, 0.1) is 5.92 Å². The number of nitrogens with zero attached hydrogens (tertiary/aromatic N) is 1. The first kappa shape index (κ1) is 13.1. The Morgan fingerprint density at radius 1 is 1.05 bits per heavy atom. The number of Topliss-reactive ketones (excluding diaryl/α,β-unsaturated/α-hetero) is 1. The molecule has 3 fully saturated rings. The molecule has 2 aliphatic carbocycles. The highest BCUT2D eigenvalue weighted by Crippen LogP contribution is 2.37. The number of rotatable bonds is 2. The molecule has 3 rings (SSSR count). The number of likely N-dealkylation sites (tertiary alicyclic amines) is 1. The Morgan fingerprint density at radius 3 is 2.16 bits per heavy atom.